The number of nitrogens with one attached hydrogen (secondary N) is 1. The summed E-state index contributed by atoms with van der Waals surface area (Å²) in [6.07, 6.45) is 4.19. The Hall–Kier alpha value is -1.72. The topological polar surface area (TPSA) is 63.0 Å². The summed E-state index contributed by atoms with van der Waals surface area (Å²) in [6.45, 7) is 5.29. The third-order valence-electron chi connectivity index (χ3n) is 3.45. The average Bonchev–Trinajstić information content (AvgIpc) is 2.97. The van der Waals surface area contributed by atoms with Crippen molar-refractivity contribution in [2.45, 2.75) is 38.5 Å². The SMILES string of the molecule is CC(CCn1cncn1)NCC(C)(O)c1ccccc1. The standard InChI is InChI=1S/C15H22N4O/c1-13(8-9-19-12-16-11-18-19)17-10-15(2,20)14-6-4-3-5-7-14/h3-7,11-13,17,20H,8-10H2,1-2H3. The van der Waals surface area contributed by atoms with Crippen molar-refractivity contribution in [3.8, 4) is 0 Å². The van der Waals surface area contributed by atoms with E-state index in [1.165, 1.54) is 6.33 Å². The highest BCUT2D eigenvalue weighted by Gasteiger charge is 2.22. The van der Waals surface area contributed by atoms with E-state index >= 15 is 0 Å². The minimum Gasteiger partial charge on any atom is -0.384 e. The van der Waals surface area contributed by atoms with Gasteiger partial charge in [0, 0.05) is 19.1 Å². The highest BCUT2D eigenvalue weighted by molar-refractivity contribution is 5.21. The molecule has 1 aromatic heterocycles. The minimum atomic E-state index is -0.858. The molecule has 2 atom stereocenters. The highest BCUT2D eigenvalue weighted by Crippen LogP contribution is 2.19. The lowest BCUT2D eigenvalue weighted by molar-refractivity contribution is 0.0539. The van der Waals surface area contributed by atoms with Gasteiger partial charge in [-0.15, -0.1) is 0 Å². The van der Waals surface area contributed by atoms with E-state index < -0.39 is 5.60 Å². The molecule has 0 saturated carbocycles. The van der Waals surface area contributed by atoms with Crippen molar-refractivity contribution in [1.29, 1.82) is 0 Å². The monoisotopic (exact) mass is 274 g/mol. The van der Waals surface area contributed by atoms with E-state index in [0.717, 1.165) is 18.5 Å². The number of hydrogen-bond donors (Lipinski definition) is 2. The number of nitrogens with zero attached hydrogens (tertiary/aromatic N) is 3. The van der Waals surface area contributed by atoms with Crippen LogP contribution in [0.25, 0.3) is 0 Å². The van der Waals surface area contributed by atoms with Crippen LogP contribution in [0.3, 0.4) is 0 Å². The summed E-state index contributed by atoms with van der Waals surface area (Å²) in [7, 11) is 0. The number of rotatable bonds is 7. The molecule has 0 aliphatic carbocycles. The third kappa shape index (κ3) is 4.15. The summed E-state index contributed by atoms with van der Waals surface area (Å²) in [5, 5.41) is 17.9. The zero-order chi connectivity index (χ0) is 14.4. The molecule has 0 radical (unpaired) electrons. The van der Waals surface area contributed by atoms with E-state index in [-0.39, 0.29) is 0 Å². The number of aromatic nitrogens is 3. The Labute approximate surface area is 119 Å². The third-order valence-corrected chi connectivity index (χ3v) is 3.45. The lowest BCUT2D eigenvalue weighted by atomic mass is 9.96. The van der Waals surface area contributed by atoms with Gasteiger partial charge in [-0.05, 0) is 25.8 Å². The zero-order valence-electron chi connectivity index (χ0n) is 12.0. The van der Waals surface area contributed by atoms with Crippen molar-refractivity contribution >= 4 is 0 Å². The predicted molar refractivity (Wildman–Crippen MR) is 78.1 cm³/mol. The van der Waals surface area contributed by atoms with Gasteiger partial charge in [0.15, 0.2) is 0 Å². The molecule has 1 heterocycles. The van der Waals surface area contributed by atoms with Crippen LogP contribution in [0.1, 0.15) is 25.8 Å². The summed E-state index contributed by atoms with van der Waals surface area (Å²) in [5.74, 6) is 0. The van der Waals surface area contributed by atoms with Gasteiger partial charge in [0.2, 0.25) is 0 Å². The van der Waals surface area contributed by atoms with Gasteiger partial charge in [-0.25, -0.2) is 4.98 Å². The highest BCUT2D eigenvalue weighted by atomic mass is 16.3. The van der Waals surface area contributed by atoms with E-state index in [0.29, 0.717) is 12.6 Å². The fourth-order valence-corrected chi connectivity index (χ4v) is 2.05. The molecule has 0 bridgehead atoms. The van der Waals surface area contributed by atoms with E-state index in [9.17, 15) is 5.11 Å². The zero-order valence-corrected chi connectivity index (χ0v) is 12.0. The fraction of sp³-hybridized carbons (Fsp3) is 0.467. The molecule has 2 N–H and O–H groups in total. The maximum atomic E-state index is 10.5. The minimum absolute atomic E-state index is 0.300. The van der Waals surface area contributed by atoms with Crippen molar-refractivity contribution in [3.63, 3.8) is 0 Å². The molecular weight excluding hydrogens is 252 g/mol. The average molecular weight is 274 g/mol. The summed E-state index contributed by atoms with van der Waals surface area (Å²) in [5.41, 5.74) is 0.0685. The first kappa shape index (κ1) is 14.7. The molecule has 20 heavy (non-hydrogen) atoms. The van der Waals surface area contributed by atoms with Gasteiger partial charge in [0.1, 0.15) is 12.7 Å². The Morgan fingerprint density at radius 1 is 1.35 bits per heavy atom. The van der Waals surface area contributed by atoms with E-state index in [4.69, 9.17) is 0 Å². The van der Waals surface area contributed by atoms with Crippen molar-refractivity contribution in [1.82, 2.24) is 20.1 Å². The Morgan fingerprint density at radius 3 is 2.75 bits per heavy atom. The molecule has 5 heteroatoms. The Morgan fingerprint density at radius 2 is 2.10 bits per heavy atom. The number of hydrogen-bond acceptors (Lipinski definition) is 4. The molecule has 0 spiro atoms. The normalized spacial score (nSPS) is 15.8. The molecule has 0 aliphatic heterocycles. The Kier molecular flexibility index (Phi) is 4.87. The second kappa shape index (κ2) is 6.63. The molecular formula is C15H22N4O. The van der Waals surface area contributed by atoms with Crippen molar-refractivity contribution < 1.29 is 5.11 Å². The summed E-state index contributed by atoms with van der Waals surface area (Å²) in [4.78, 5) is 3.92. The van der Waals surface area contributed by atoms with Crippen LogP contribution in [0.5, 0.6) is 0 Å². The van der Waals surface area contributed by atoms with Crippen LogP contribution in [0.2, 0.25) is 0 Å². The first-order valence-electron chi connectivity index (χ1n) is 6.91. The van der Waals surface area contributed by atoms with Gasteiger partial charge >= 0.3 is 0 Å². The molecule has 0 amide bonds. The number of aliphatic hydroxyl groups is 1. The van der Waals surface area contributed by atoms with E-state index in [1.807, 2.05) is 41.9 Å². The largest absolute Gasteiger partial charge is 0.384 e. The lowest BCUT2D eigenvalue weighted by Crippen LogP contribution is -2.40. The number of aryl methyl sites for hydroxylation is 1. The van der Waals surface area contributed by atoms with Gasteiger partial charge in [-0.3, -0.25) is 4.68 Å². The maximum Gasteiger partial charge on any atom is 0.137 e. The van der Waals surface area contributed by atoms with Crippen molar-refractivity contribution in [2.75, 3.05) is 6.54 Å². The van der Waals surface area contributed by atoms with Crippen LogP contribution in [-0.4, -0.2) is 32.5 Å². The molecule has 5 nitrogen and oxygen atoms in total. The quantitative estimate of drug-likeness (QED) is 0.804. The molecule has 0 fully saturated rings. The van der Waals surface area contributed by atoms with Gasteiger partial charge in [0.05, 0.1) is 5.60 Å². The van der Waals surface area contributed by atoms with Crippen LogP contribution in [0.15, 0.2) is 43.0 Å². The first-order chi connectivity index (χ1) is 9.58. The summed E-state index contributed by atoms with van der Waals surface area (Å²) in [6, 6.07) is 10.0. The molecule has 2 aromatic rings. The number of benzene rings is 1. The van der Waals surface area contributed by atoms with Gasteiger partial charge < -0.3 is 10.4 Å². The van der Waals surface area contributed by atoms with E-state index in [2.05, 4.69) is 22.3 Å². The second-order valence-electron chi connectivity index (χ2n) is 5.37. The molecule has 2 rings (SSSR count). The smallest absolute Gasteiger partial charge is 0.137 e. The molecule has 0 aliphatic rings. The Balaban J connectivity index is 1.79. The molecule has 0 saturated heterocycles. The summed E-state index contributed by atoms with van der Waals surface area (Å²) >= 11 is 0. The molecule has 2 unspecified atom stereocenters. The second-order valence-corrected chi connectivity index (χ2v) is 5.37. The van der Waals surface area contributed by atoms with Crippen LogP contribution in [-0.2, 0) is 12.1 Å². The van der Waals surface area contributed by atoms with Crippen LogP contribution in [0, 0.1) is 0 Å². The van der Waals surface area contributed by atoms with Gasteiger partial charge in [-0.1, -0.05) is 30.3 Å². The van der Waals surface area contributed by atoms with Crippen LogP contribution >= 0.6 is 0 Å². The fourth-order valence-electron chi connectivity index (χ4n) is 2.05. The van der Waals surface area contributed by atoms with Crippen LogP contribution in [0.4, 0.5) is 0 Å². The van der Waals surface area contributed by atoms with Gasteiger partial charge in [-0.2, -0.15) is 5.10 Å². The molecule has 1 aromatic carbocycles. The first-order valence-corrected chi connectivity index (χ1v) is 6.91. The van der Waals surface area contributed by atoms with Crippen molar-refractivity contribution in [2.24, 2.45) is 0 Å². The summed E-state index contributed by atoms with van der Waals surface area (Å²) < 4.78 is 1.81. The Bertz CT molecular complexity index is 496. The predicted octanol–water partition coefficient (Wildman–Crippen LogP) is 1.55. The maximum absolute atomic E-state index is 10.5. The molecule has 108 valence electrons. The van der Waals surface area contributed by atoms with E-state index in [1.54, 1.807) is 6.33 Å². The van der Waals surface area contributed by atoms with Crippen molar-refractivity contribution in [3.05, 3.63) is 48.5 Å². The lowest BCUT2D eigenvalue weighted by Gasteiger charge is -2.26. The van der Waals surface area contributed by atoms with Gasteiger partial charge in [0.25, 0.3) is 0 Å². The van der Waals surface area contributed by atoms with Crippen LogP contribution < -0.4 is 5.32 Å².